The molecule has 0 amide bonds. The van der Waals surface area contributed by atoms with Crippen molar-refractivity contribution in [1.82, 2.24) is 0 Å². The summed E-state index contributed by atoms with van der Waals surface area (Å²) in [6.07, 6.45) is 3.68. The number of aliphatic hydroxyl groups is 2. The highest BCUT2D eigenvalue weighted by Gasteiger charge is 2.62. The van der Waals surface area contributed by atoms with Gasteiger partial charge in [0.25, 0.3) is 0 Å². The Bertz CT molecular complexity index is 772. The molecular weight excluding hydrogens is 376 g/mol. The van der Waals surface area contributed by atoms with Crippen LogP contribution in [0.3, 0.4) is 0 Å². The van der Waals surface area contributed by atoms with Gasteiger partial charge in [-0.3, -0.25) is 9.59 Å². The first-order valence-electron chi connectivity index (χ1n) is 9.70. The average Bonchev–Trinajstić information content (AvgIpc) is 3.11. The zero-order valence-electron chi connectivity index (χ0n) is 17.6. The van der Waals surface area contributed by atoms with E-state index in [9.17, 15) is 19.5 Å². The van der Waals surface area contributed by atoms with Crippen molar-refractivity contribution in [3.05, 3.63) is 34.9 Å². The number of rotatable bonds is 8. The van der Waals surface area contributed by atoms with Crippen LogP contribution >= 0.6 is 0 Å². The third kappa shape index (κ3) is 5.03. The van der Waals surface area contributed by atoms with E-state index in [-0.39, 0.29) is 42.0 Å². The molecular formula is C22H30O7. The minimum atomic E-state index is -0.962. The topological polar surface area (TPSA) is 110 Å². The normalized spacial score (nSPS) is 27.3. The molecule has 7 nitrogen and oxygen atoms in total. The Morgan fingerprint density at radius 1 is 1.34 bits per heavy atom. The Morgan fingerprint density at radius 3 is 2.59 bits per heavy atom. The minimum absolute atomic E-state index is 0.0866. The fourth-order valence-corrected chi connectivity index (χ4v) is 3.82. The van der Waals surface area contributed by atoms with Crippen molar-refractivity contribution >= 4 is 17.7 Å². The Kier molecular flexibility index (Phi) is 7.19. The maximum atomic E-state index is 12.7. The number of hydrogen-bond acceptors (Lipinski definition) is 7. The molecule has 0 aromatic carbocycles. The van der Waals surface area contributed by atoms with Gasteiger partial charge in [0.1, 0.15) is 6.10 Å². The van der Waals surface area contributed by atoms with Crippen molar-refractivity contribution in [1.29, 1.82) is 0 Å². The number of esters is 2. The van der Waals surface area contributed by atoms with Gasteiger partial charge >= 0.3 is 11.9 Å². The molecule has 29 heavy (non-hydrogen) atoms. The molecule has 4 atom stereocenters. The Labute approximate surface area is 171 Å². The van der Waals surface area contributed by atoms with Crippen LogP contribution in [0.2, 0.25) is 0 Å². The molecule has 1 saturated carbocycles. The third-order valence-electron chi connectivity index (χ3n) is 5.89. The summed E-state index contributed by atoms with van der Waals surface area (Å²) in [4.78, 5) is 36.6. The smallest absolute Gasteiger partial charge is 0.333 e. The van der Waals surface area contributed by atoms with Gasteiger partial charge < -0.3 is 19.7 Å². The molecule has 2 N–H and O–H groups in total. The highest BCUT2D eigenvalue weighted by atomic mass is 16.5. The molecule has 0 saturated heterocycles. The Hall–Kier alpha value is -2.25. The number of ether oxygens (including phenoxy) is 2. The van der Waals surface area contributed by atoms with E-state index in [1.54, 1.807) is 26.0 Å². The van der Waals surface area contributed by atoms with Crippen molar-refractivity contribution in [3.63, 3.8) is 0 Å². The lowest BCUT2D eigenvalue weighted by atomic mass is 10.1. The van der Waals surface area contributed by atoms with E-state index in [2.05, 4.69) is 0 Å². The van der Waals surface area contributed by atoms with Crippen LogP contribution in [-0.4, -0.2) is 53.9 Å². The van der Waals surface area contributed by atoms with E-state index < -0.39 is 18.2 Å². The molecule has 0 aromatic rings. The first-order chi connectivity index (χ1) is 13.5. The van der Waals surface area contributed by atoms with Crippen LogP contribution in [-0.2, 0) is 23.9 Å². The molecule has 0 aliphatic heterocycles. The van der Waals surface area contributed by atoms with E-state index in [0.29, 0.717) is 23.1 Å². The van der Waals surface area contributed by atoms with Gasteiger partial charge in [0, 0.05) is 11.1 Å². The Morgan fingerprint density at radius 2 is 2.00 bits per heavy atom. The van der Waals surface area contributed by atoms with Gasteiger partial charge in [-0.05, 0) is 37.2 Å². The van der Waals surface area contributed by atoms with Gasteiger partial charge in [0.15, 0.2) is 5.78 Å². The lowest BCUT2D eigenvalue weighted by Crippen LogP contribution is -2.20. The summed E-state index contributed by atoms with van der Waals surface area (Å²) in [5.74, 6) is -1.40. The van der Waals surface area contributed by atoms with Gasteiger partial charge in [-0.1, -0.05) is 32.1 Å². The number of methoxy groups -OCH3 is 1. The van der Waals surface area contributed by atoms with Gasteiger partial charge in [-0.25, -0.2) is 4.79 Å². The van der Waals surface area contributed by atoms with E-state index in [1.165, 1.54) is 13.2 Å². The molecule has 2 aliphatic carbocycles. The molecule has 2 rings (SSSR count). The van der Waals surface area contributed by atoms with E-state index in [0.717, 1.165) is 0 Å². The Balaban J connectivity index is 2.04. The predicted molar refractivity (Wildman–Crippen MR) is 106 cm³/mol. The zero-order chi connectivity index (χ0) is 21.9. The maximum Gasteiger partial charge on any atom is 0.333 e. The zero-order valence-corrected chi connectivity index (χ0v) is 17.6. The van der Waals surface area contributed by atoms with Crippen molar-refractivity contribution in [3.8, 4) is 0 Å². The summed E-state index contributed by atoms with van der Waals surface area (Å²) in [5.41, 5.74) is 1.39. The number of carbonyl (C=O) groups is 3. The highest BCUT2D eigenvalue weighted by molar-refractivity contribution is 6.00. The van der Waals surface area contributed by atoms with Crippen LogP contribution in [0.25, 0.3) is 0 Å². The molecule has 4 unspecified atom stereocenters. The summed E-state index contributed by atoms with van der Waals surface area (Å²) in [6.45, 7) is 6.92. The molecule has 7 heteroatoms. The van der Waals surface area contributed by atoms with Crippen molar-refractivity contribution in [2.24, 2.45) is 17.3 Å². The standard InChI is InChI=1S/C22H30O7/c1-12(20(26)28-5)9-16-19(22(16,3)4)21(27)29-18-10-17(25)15(13(18)2)8-6-7-14(24)11-23/h6-7,9,14,16,18-19,23-24H,8,10-11H2,1-5H3. The van der Waals surface area contributed by atoms with Crippen LogP contribution in [0.15, 0.2) is 34.9 Å². The molecule has 0 spiro atoms. The van der Waals surface area contributed by atoms with Crippen LogP contribution in [0.4, 0.5) is 0 Å². The number of ketones is 1. The number of Topliss-reactive ketones (excluding diaryl/α,β-unsaturated/α-hetero) is 1. The second-order valence-electron chi connectivity index (χ2n) is 8.26. The number of aliphatic hydroxyl groups excluding tert-OH is 2. The average molecular weight is 406 g/mol. The van der Waals surface area contributed by atoms with Gasteiger partial charge in [-0.2, -0.15) is 0 Å². The highest BCUT2D eigenvalue weighted by Crippen LogP contribution is 2.60. The van der Waals surface area contributed by atoms with Crippen LogP contribution in [0, 0.1) is 17.3 Å². The quantitative estimate of drug-likeness (QED) is 0.360. The molecule has 2 aliphatic rings. The minimum Gasteiger partial charge on any atom is -0.466 e. The predicted octanol–water partition coefficient (Wildman–Crippen LogP) is 1.88. The molecule has 0 heterocycles. The van der Waals surface area contributed by atoms with Gasteiger partial charge in [0.05, 0.1) is 32.2 Å². The largest absolute Gasteiger partial charge is 0.466 e. The summed E-state index contributed by atoms with van der Waals surface area (Å²) in [5, 5.41) is 18.2. The van der Waals surface area contributed by atoms with Crippen molar-refractivity contribution in [2.75, 3.05) is 13.7 Å². The molecule has 0 aromatic heterocycles. The lowest BCUT2D eigenvalue weighted by molar-refractivity contribution is -0.150. The maximum absolute atomic E-state index is 12.7. The lowest BCUT2D eigenvalue weighted by Gasteiger charge is -2.13. The number of hydrogen-bond donors (Lipinski definition) is 2. The van der Waals surface area contributed by atoms with Crippen molar-refractivity contribution in [2.45, 2.75) is 52.7 Å². The van der Waals surface area contributed by atoms with Gasteiger partial charge in [0.2, 0.25) is 0 Å². The molecule has 0 bridgehead atoms. The van der Waals surface area contributed by atoms with Crippen molar-refractivity contribution < 1.29 is 34.1 Å². The van der Waals surface area contributed by atoms with Crippen LogP contribution in [0.5, 0.6) is 0 Å². The van der Waals surface area contributed by atoms with E-state index in [1.807, 2.05) is 13.8 Å². The number of carbonyl (C=O) groups excluding carboxylic acids is 3. The molecule has 160 valence electrons. The van der Waals surface area contributed by atoms with Crippen LogP contribution < -0.4 is 0 Å². The molecule has 0 radical (unpaired) electrons. The van der Waals surface area contributed by atoms with E-state index in [4.69, 9.17) is 14.6 Å². The number of allylic oxidation sites excluding steroid dienone is 3. The fraction of sp³-hybridized carbons (Fsp3) is 0.591. The monoisotopic (exact) mass is 406 g/mol. The van der Waals surface area contributed by atoms with E-state index >= 15 is 0 Å². The third-order valence-corrected chi connectivity index (χ3v) is 5.89. The second-order valence-corrected chi connectivity index (χ2v) is 8.26. The first kappa shape index (κ1) is 23.0. The van der Waals surface area contributed by atoms with Crippen LogP contribution in [0.1, 0.15) is 40.5 Å². The summed E-state index contributed by atoms with van der Waals surface area (Å²) < 4.78 is 10.4. The summed E-state index contributed by atoms with van der Waals surface area (Å²) >= 11 is 0. The molecule has 1 fully saturated rings. The first-order valence-corrected chi connectivity index (χ1v) is 9.70. The summed E-state index contributed by atoms with van der Waals surface area (Å²) in [7, 11) is 1.31. The fourth-order valence-electron chi connectivity index (χ4n) is 3.82. The second kappa shape index (κ2) is 9.05. The van der Waals surface area contributed by atoms with Gasteiger partial charge in [-0.15, -0.1) is 0 Å². The summed E-state index contributed by atoms with van der Waals surface area (Å²) in [6, 6.07) is 0. The SMILES string of the molecule is COC(=O)C(C)=CC1C(C(=O)OC2CC(=O)C(CC=CC(O)CO)=C2C)C1(C)C.